The molecule has 0 heterocycles. The summed E-state index contributed by atoms with van der Waals surface area (Å²) in [6.45, 7) is 0. The van der Waals surface area contributed by atoms with Crippen LogP contribution in [0.4, 0.5) is 0 Å². The SMILES string of the molecule is O=S([O-])CO.O=S([O-])CO.[Ca+2]. The van der Waals surface area contributed by atoms with Crippen LogP contribution in [0.15, 0.2) is 0 Å². The molecule has 0 saturated heterocycles. The Labute approximate surface area is 98.6 Å². The summed E-state index contributed by atoms with van der Waals surface area (Å²) in [7, 11) is 0. The molecule has 0 amide bonds. The Kier molecular flexibility index (Phi) is 23.1. The van der Waals surface area contributed by atoms with E-state index in [-0.39, 0.29) is 37.7 Å². The second-order valence-electron chi connectivity index (χ2n) is 0.866. The first-order valence-corrected chi connectivity index (χ1v) is 4.36. The summed E-state index contributed by atoms with van der Waals surface area (Å²) in [6, 6.07) is 0. The van der Waals surface area contributed by atoms with Gasteiger partial charge >= 0.3 is 37.7 Å². The zero-order valence-corrected chi connectivity index (χ0v) is 9.31. The number of aliphatic hydroxyl groups excluding tert-OH is 2. The van der Waals surface area contributed by atoms with Gasteiger partial charge in [-0.05, 0) is 22.2 Å². The fourth-order valence-electron chi connectivity index (χ4n) is 0. The Morgan fingerprint density at radius 2 is 1.09 bits per heavy atom. The Hall–Kier alpha value is 1.40. The van der Waals surface area contributed by atoms with Crippen LogP contribution in [0.1, 0.15) is 0 Å². The number of hydrogen-bond acceptors (Lipinski definition) is 6. The Morgan fingerprint density at radius 1 is 1.00 bits per heavy atom. The molecule has 0 aliphatic rings. The van der Waals surface area contributed by atoms with Gasteiger partial charge in [0.25, 0.3) is 0 Å². The van der Waals surface area contributed by atoms with Crippen molar-refractivity contribution in [2.45, 2.75) is 0 Å². The molecule has 0 aromatic carbocycles. The minimum Gasteiger partial charge on any atom is -0.771 e. The van der Waals surface area contributed by atoms with Crippen LogP contribution in [0.3, 0.4) is 0 Å². The number of rotatable bonds is 2. The van der Waals surface area contributed by atoms with E-state index in [0.29, 0.717) is 0 Å². The van der Waals surface area contributed by atoms with E-state index < -0.39 is 34.0 Å². The standard InChI is InChI=1S/2CH4O3S.Ca/c2*2-1-5(3)4;/h2*2H,1H2,(H,3,4);/q;;+2/p-2. The second kappa shape index (κ2) is 14.0. The van der Waals surface area contributed by atoms with Gasteiger partial charge in [0.1, 0.15) is 11.9 Å². The van der Waals surface area contributed by atoms with Crippen LogP contribution in [-0.4, -0.2) is 77.4 Å². The van der Waals surface area contributed by atoms with Gasteiger partial charge in [0, 0.05) is 0 Å². The van der Waals surface area contributed by atoms with Crippen molar-refractivity contribution in [1.29, 1.82) is 0 Å². The molecule has 6 nitrogen and oxygen atoms in total. The minimum atomic E-state index is -2.27. The zero-order chi connectivity index (χ0) is 8.57. The predicted octanol–water partition coefficient (Wildman–Crippen LogP) is -2.75. The van der Waals surface area contributed by atoms with Crippen LogP contribution >= 0.6 is 0 Å². The maximum Gasteiger partial charge on any atom is 2.00 e. The van der Waals surface area contributed by atoms with Crippen LogP contribution in [-0.2, 0) is 22.2 Å². The van der Waals surface area contributed by atoms with E-state index in [0.717, 1.165) is 0 Å². The fourth-order valence-corrected chi connectivity index (χ4v) is 0. The maximum atomic E-state index is 9.12. The molecule has 0 aliphatic heterocycles. The molecule has 0 radical (unpaired) electrons. The molecule has 2 unspecified atom stereocenters. The van der Waals surface area contributed by atoms with Crippen LogP contribution in [0.2, 0.25) is 0 Å². The van der Waals surface area contributed by atoms with E-state index in [1.807, 2.05) is 0 Å². The van der Waals surface area contributed by atoms with E-state index in [9.17, 15) is 0 Å². The molecule has 0 aromatic heterocycles. The van der Waals surface area contributed by atoms with Gasteiger partial charge in [-0.15, -0.1) is 0 Å². The summed E-state index contributed by atoms with van der Waals surface area (Å²) >= 11 is -4.53. The second-order valence-corrected chi connectivity index (χ2v) is 2.60. The average molecular weight is 230 g/mol. The number of aliphatic hydroxyl groups is 2. The molecule has 0 fully saturated rings. The topological polar surface area (TPSA) is 121 Å². The van der Waals surface area contributed by atoms with E-state index in [1.165, 1.54) is 0 Å². The van der Waals surface area contributed by atoms with Gasteiger partial charge in [0.15, 0.2) is 0 Å². The van der Waals surface area contributed by atoms with Gasteiger partial charge in [0.05, 0.1) is 0 Å². The first-order valence-electron chi connectivity index (χ1n) is 1.88. The smallest absolute Gasteiger partial charge is 0.771 e. The van der Waals surface area contributed by atoms with E-state index >= 15 is 0 Å². The summed E-state index contributed by atoms with van der Waals surface area (Å²) in [5, 5.41) is 15.1. The molecule has 64 valence electrons. The van der Waals surface area contributed by atoms with Crippen molar-refractivity contribution >= 4 is 59.9 Å². The van der Waals surface area contributed by atoms with Crippen LogP contribution in [0.25, 0.3) is 0 Å². The molecule has 9 heteroatoms. The Bertz CT molecular complexity index is 103. The summed E-state index contributed by atoms with van der Waals surface area (Å²) in [4.78, 5) is 0. The molecular weight excluding hydrogens is 224 g/mol. The van der Waals surface area contributed by atoms with Gasteiger partial charge < -0.3 is 19.3 Å². The molecule has 2 atom stereocenters. The summed E-state index contributed by atoms with van der Waals surface area (Å²) in [6.07, 6.45) is 0. The van der Waals surface area contributed by atoms with E-state index in [1.54, 1.807) is 0 Å². The molecular formula is C2H6CaO6S2. The summed E-state index contributed by atoms with van der Waals surface area (Å²) < 4.78 is 36.5. The van der Waals surface area contributed by atoms with Crippen molar-refractivity contribution < 1.29 is 27.7 Å². The molecule has 11 heavy (non-hydrogen) atoms. The predicted molar refractivity (Wildman–Crippen MR) is 37.8 cm³/mol. The average Bonchev–Trinajstić information content (AvgIpc) is 1.89. The van der Waals surface area contributed by atoms with E-state index in [4.69, 9.17) is 27.7 Å². The maximum absolute atomic E-state index is 9.12. The third kappa shape index (κ3) is 34.5. The van der Waals surface area contributed by atoms with E-state index in [2.05, 4.69) is 0 Å². The van der Waals surface area contributed by atoms with Crippen molar-refractivity contribution in [2.75, 3.05) is 11.9 Å². The quantitative estimate of drug-likeness (QED) is 0.392. The zero-order valence-electron chi connectivity index (χ0n) is 5.47. The third-order valence-corrected chi connectivity index (χ3v) is 0.632. The minimum absolute atomic E-state index is 0. The van der Waals surface area contributed by atoms with Crippen molar-refractivity contribution in [1.82, 2.24) is 0 Å². The molecule has 0 bridgehead atoms. The third-order valence-electron chi connectivity index (χ3n) is 0.211. The first kappa shape index (κ1) is 18.2. The monoisotopic (exact) mass is 230 g/mol. The first-order chi connectivity index (χ1) is 4.54. The molecule has 0 rings (SSSR count). The summed E-state index contributed by atoms with van der Waals surface area (Å²) in [5.41, 5.74) is 0. The van der Waals surface area contributed by atoms with Gasteiger partial charge in [-0.1, -0.05) is 0 Å². The molecule has 0 saturated carbocycles. The largest absolute Gasteiger partial charge is 2.00 e. The van der Waals surface area contributed by atoms with Crippen LogP contribution < -0.4 is 0 Å². The van der Waals surface area contributed by atoms with Crippen molar-refractivity contribution in [3.05, 3.63) is 0 Å². The summed E-state index contributed by atoms with van der Waals surface area (Å²) in [5.74, 6) is -1.56. The molecule has 0 aromatic rings. The van der Waals surface area contributed by atoms with Crippen LogP contribution in [0.5, 0.6) is 0 Å². The molecule has 2 N–H and O–H groups in total. The van der Waals surface area contributed by atoms with Crippen molar-refractivity contribution in [3.8, 4) is 0 Å². The molecule has 0 aliphatic carbocycles. The fraction of sp³-hybridized carbons (Fsp3) is 1.00. The van der Waals surface area contributed by atoms with Crippen molar-refractivity contribution in [2.24, 2.45) is 0 Å². The van der Waals surface area contributed by atoms with Gasteiger partial charge in [-0.2, -0.15) is 0 Å². The molecule has 0 spiro atoms. The van der Waals surface area contributed by atoms with Crippen molar-refractivity contribution in [3.63, 3.8) is 0 Å². The van der Waals surface area contributed by atoms with Gasteiger partial charge in [-0.25, -0.2) is 0 Å². The van der Waals surface area contributed by atoms with Crippen LogP contribution in [0, 0.1) is 0 Å². The normalized spacial score (nSPS) is 13.5. The van der Waals surface area contributed by atoms with Gasteiger partial charge in [-0.3, -0.25) is 8.42 Å². The van der Waals surface area contributed by atoms with Gasteiger partial charge in [0.2, 0.25) is 0 Å². The Balaban J connectivity index is -0.000000107. The number of hydrogen-bond donors (Lipinski definition) is 2. The Morgan fingerprint density at radius 3 is 1.09 bits per heavy atom.